The molecule has 0 atom stereocenters. The van der Waals surface area contributed by atoms with Crippen molar-refractivity contribution < 1.29 is 4.74 Å². The van der Waals surface area contributed by atoms with Gasteiger partial charge >= 0.3 is 6.01 Å². The zero-order valence-electron chi connectivity index (χ0n) is 10.7. The summed E-state index contributed by atoms with van der Waals surface area (Å²) in [4.78, 5) is 8.33. The van der Waals surface area contributed by atoms with Crippen molar-refractivity contribution in [1.29, 1.82) is 0 Å². The SMILES string of the molecule is Cc1cc(C)cc(Oc2ncc(CCN)cn2)c1. The van der Waals surface area contributed by atoms with Gasteiger partial charge in [-0.2, -0.15) is 0 Å². The normalized spacial score (nSPS) is 10.4. The summed E-state index contributed by atoms with van der Waals surface area (Å²) in [5.41, 5.74) is 8.80. The van der Waals surface area contributed by atoms with Crippen LogP contribution in [0.2, 0.25) is 0 Å². The van der Waals surface area contributed by atoms with Crippen molar-refractivity contribution in [3.8, 4) is 11.8 Å². The summed E-state index contributed by atoms with van der Waals surface area (Å²) in [6, 6.07) is 6.38. The molecule has 18 heavy (non-hydrogen) atoms. The Morgan fingerprint density at radius 1 is 1.06 bits per heavy atom. The Morgan fingerprint density at radius 2 is 1.67 bits per heavy atom. The number of aromatic nitrogens is 2. The maximum absolute atomic E-state index is 5.62. The lowest BCUT2D eigenvalue weighted by molar-refractivity contribution is 0.440. The van der Waals surface area contributed by atoms with Crippen molar-refractivity contribution in [1.82, 2.24) is 9.97 Å². The van der Waals surface area contributed by atoms with Gasteiger partial charge in [0.25, 0.3) is 0 Å². The molecule has 0 radical (unpaired) electrons. The van der Waals surface area contributed by atoms with Crippen LogP contribution in [-0.4, -0.2) is 16.5 Å². The smallest absolute Gasteiger partial charge is 0.321 e. The number of aryl methyl sites for hydroxylation is 2. The van der Waals surface area contributed by atoms with E-state index >= 15 is 0 Å². The van der Waals surface area contributed by atoms with Crippen molar-refractivity contribution in [3.63, 3.8) is 0 Å². The van der Waals surface area contributed by atoms with Gasteiger partial charge in [-0.15, -0.1) is 0 Å². The van der Waals surface area contributed by atoms with Crippen LogP contribution in [0.25, 0.3) is 0 Å². The zero-order valence-corrected chi connectivity index (χ0v) is 10.7. The first-order valence-electron chi connectivity index (χ1n) is 5.94. The average molecular weight is 243 g/mol. The molecule has 0 bridgehead atoms. The number of benzene rings is 1. The van der Waals surface area contributed by atoms with E-state index in [0.717, 1.165) is 28.9 Å². The van der Waals surface area contributed by atoms with Gasteiger partial charge in [-0.1, -0.05) is 6.07 Å². The maximum atomic E-state index is 5.62. The molecule has 4 heteroatoms. The summed E-state index contributed by atoms with van der Waals surface area (Å²) in [5.74, 6) is 0.763. The van der Waals surface area contributed by atoms with E-state index in [1.807, 2.05) is 26.0 Å². The van der Waals surface area contributed by atoms with E-state index < -0.39 is 0 Å². The number of hydrogen-bond donors (Lipinski definition) is 1. The zero-order chi connectivity index (χ0) is 13.0. The van der Waals surface area contributed by atoms with Gasteiger partial charge in [-0.25, -0.2) is 9.97 Å². The predicted molar refractivity (Wildman–Crippen MR) is 70.8 cm³/mol. The molecular weight excluding hydrogens is 226 g/mol. The highest BCUT2D eigenvalue weighted by Crippen LogP contribution is 2.20. The van der Waals surface area contributed by atoms with E-state index in [-0.39, 0.29) is 0 Å². The van der Waals surface area contributed by atoms with Gasteiger partial charge in [-0.3, -0.25) is 0 Å². The third-order valence-electron chi connectivity index (χ3n) is 2.52. The molecule has 1 aromatic heterocycles. The molecule has 0 amide bonds. The van der Waals surface area contributed by atoms with Crippen LogP contribution >= 0.6 is 0 Å². The lowest BCUT2D eigenvalue weighted by Crippen LogP contribution is -2.03. The summed E-state index contributed by atoms with van der Waals surface area (Å²) in [5, 5.41) is 0. The molecule has 0 aliphatic carbocycles. The summed E-state index contributed by atoms with van der Waals surface area (Å²) in [7, 11) is 0. The minimum atomic E-state index is 0.362. The van der Waals surface area contributed by atoms with Crippen LogP contribution in [0.15, 0.2) is 30.6 Å². The average Bonchev–Trinajstić information content (AvgIpc) is 2.31. The lowest BCUT2D eigenvalue weighted by Gasteiger charge is -2.06. The van der Waals surface area contributed by atoms with E-state index in [2.05, 4.69) is 16.0 Å². The molecule has 0 aliphatic rings. The predicted octanol–water partition coefficient (Wildman–Crippen LogP) is 2.39. The van der Waals surface area contributed by atoms with Crippen LogP contribution < -0.4 is 10.5 Å². The van der Waals surface area contributed by atoms with Crippen LogP contribution in [0.1, 0.15) is 16.7 Å². The fraction of sp³-hybridized carbons (Fsp3) is 0.286. The van der Waals surface area contributed by atoms with Crippen LogP contribution in [0.3, 0.4) is 0 Å². The van der Waals surface area contributed by atoms with Gasteiger partial charge < -0.3 is 10.5 Å². The van der Waals surface area contributed by atoms with Gasteiger partial charge in [0, 0.05) is 12.4 Å². The lowest BCUT2D eigenvalue weighted by atomic mass is 10.1. The Bertz CT molecular complexity index is 503. The highest BCUT2D eigenvalue weighted by molar-refractivity contribution is 5.34. The Morgan fingerprint density at radius 3 is 2.22 bits per heavy atom. The quantitative estimate of drug-likeness (QED) is 0.895. The number of nitrogens with zero attached hydrogens (tertiary/aromatic N) is 2. The van der Waals surface area contributed by atoms with Crippen molar-refractivity contribution in [2.45, 2.75) is 20.3 Å². The Balaban J connectivity index is 2.13. The highest BCUT2D eigenvalue weighted by Gasteiger charge is 2.02. The first kappa shape index (κ1) is 12.5. The summed E-state index contributed by atoms with van der Waals surface area (Å²) in [6.45, 7) is 4.66. The summed E-state index contributed by atoms with van der Waals surface area (Å²) < 4.78 is 5.62. The summed E-state index contributed by atoms with van der Waals surface area (Å²) >= 11 is 0. The first-order chi connectivity index (χ1) is 8.67. The van der Waals surface area contributed by atoms with Gasteiger partial charge in [0.1, 0.15) is 5.75 Å². The second kappa shape index (κ2) is 5.60. The fourth-order valence-electron chi connectivity index (χ4n) is 1.79. The highest BCUT2D eigenvalue weighted by atomic mass is 16.5. The number of ether oxygens (including phenoxy) is 1. The molecule has 0 unspecified atom stereocenters. The Labute approximate surface area is 107 Å². The molecular formula is C14H17N3O. The van der Waals surface area contributed by atoms with Crippen LogP contribution in [-0.2, 0) is 6.42 Å². The third-order valence-corrected chi connectivity index (χ3v) is 2.52. The van der Waals surface area contributed by atoms with Crippen molar-refractivity contribution in [3.05, 3.63) is 47.3 Å². The molecule has 0 spiro atoms. The largest absolute Gasteiger partial charge is 0.424 e. The monoisotopic (exact) mass is 243 g/mol. The van der Waals surface area contributed by atoms with Gasteiger partial charge in [-0.05, 0) is 55.6 Å². The van der Waals surface area contributed by atoms with Crippen molar-refractivity contribution >= 4 is 0 Å². The van der Waals surface area contributed by atoms with Gasteiger partial charge in [0.2, 0.25) is 0 Å². The minimum absolute atomic E-state index is 0.362. The molecule has 1 aromatic carbocycles. The molecule has 2 aromatic rings. The van der Waals surface area contributed by atoms with E-state index in [4.69, 9.17) is 10.5 Å². The molecule has 0 saturated carbocycles. The first-order valence-corrected chi connectivity index (χ1v) is 5.94. The molecule has 0 saturated heterocycles. The van der Waals surface area contributed by atoms with E-state index in [1.54, 1.807) is 12.4 Å². The fourth-order valence-corrected chi connectivity index (χ4v) is 1.79. The molecule has 1 heterocycles. The molecule has 94 valence electrons. The third kappa shape index (κ3) is 3.28. The van der Waals surface area contributed by atoms with E-state index in [0.29, 0.717) is 12.6 Å². The molecule has 0 fully saturated rings. The van der Waals surface area contributed by atoms with Gasteiger partial charge in [0.05, 0.1) is 0 Å². The van der Waals surface area contributed by atoms with Crippen molar-refractivity contribution in [2.75, 3.05) is 6.54 Å². The van der Waals surface area contributed by atoms with Crippen LogP contribution in [0.5, 0.6) is 11.8 Å². The van der Waals surface area contributed by atoms with Gasteiger partial charge in [0.15, 0.2) is 0 Å². The van der Waals surface area contributed by atoms with Crippen molar-refractivity contribution in [2.24, 2.45) is 5.73 Å². The number of nitrogens with two attached hydrogens (primary N) is 1. The van der Waals surface area contributed by atoms with E-state index in [1.165, 1.54) is 0 Å². The topological polar surface area (TPSA) is 61.0 Å². The van der Waals surface area contributed by atoms with E-state index in [9.17, 15) is 0 Å². The molecule has 2 N–H and O–H groups in total. The standard InChI is InChI=1S/C14H17N3O/c1-10-5-11(2)7-13(6-10)18-14-16-8-12(3-4-15)9-17-14/h5-9H,3-4,15H2,1-2H3. The Hall–Kier alpha value is -1.94. The minimum Gasteiger partial charge on any atom is -0.424 e. The van der Waals surface area contributed by atoms with Crippen LogP contribution in [0, 0.1) is 13.8 Å². The molecule has 2 rings (SSSR count). The maximum Gasteiger partial charge on any atom is 0.321 e. The second-order valence-electron chi connectivity index (χ2n) is 4.34. The molecule has 0 aliphatic heterocycles. The van der Waals surface area contributed by atoms with Crippen LogP contribution in [0.4, 0.5) is 0 Å². The second-order valence-corrected chi connectivity index (χ2v) is 4.34. The number of rotatable bonds is 4. The molecule has 4 nitrogen and oxygen atoms in total. The Kier molecular flexibility index (Phi) is 3.89. The number of hydrogen-bond acceptors (Lipinski definition) is 4. The summed E-state index contributed by atoms with van der Waals surface area (Å²) in [6.07, 6.45) is 4.28.